The minimum Gasteiger partial charge on any atom is -0.497 e. The SMILES string of the molecule is COc1ccc(NN=C2COC(=O)C2)cc1. The van der Waals surface area contributed by atoms with Crippen molar-refractivity contribution in [2.45, 2.75) is 6.42 Å². The molecule has 0 atom stereocenters. The summed E-state index contributed by atoms with van der Waals surface area (Å²) in [7, 11) is 1.62. The van der Waals surface area contributed by atoms with Gasteiger partial charge in [-0.25, -0.2) is 0 Å². The number of hydrogen-bond acceptors (Lipinski definition) is 5. The fourth-order valence-electron chi connectivity index (χ4n) is 1.31. The van der Waals surface area contributed by atoms with Gasteiger partial charge in [-0.2, -0.15) is 5.10 Å². The second-order valence-corrected chi connectivity index (χ2v) is 3.36. The Bertz CT molecular complexity index is 412. The molecule has 0 spiro atoms. The zero-order valence-corrected chi connectivity index (χ0v) is 8.90. The minimum absolute atomic E-state index is 0.227. The maximum Gasteiger partial charge on any atom is 0.312 e. The molecule has 0 amide bonds. The third kappa shape index (κ3) is 2.50. The average molecular weight is 220 g/mol. The monoisotopic (exact) mass is 220 g/mol. The van der Waals surface area contributed by atoms with Crippen molar-refractivity contribution in [1.29, 1.82) is 0 Å². The number of nitrogens with one attached hydrogen (secondary N) is 1. The fourth-order valence-corrected chi connectivity index (χ4v) is 1.31. The van der Waals surface area contributed by atoms with E-state index in [4.69, 9.17) is 9.47 Å². The van der Waals surface area contributed by atoms with E-state index in [1.807, 2.05) is 24.3 Å². The van der Waals surface area contributed by atoms with Gasteiger partial charge >= 0.3 is 5.97 Å². The maximum atomic E-state index is 10.8. The number of nitrogens with zero attached hydrogens (tertiary/aromatic N) is 1. The van der Waals surface area contributed by atoms with Crippen molar-refractivity contribution in [3.63, 3.8) is 0 Å². The van der Waals surface area contributed by atoms with Gasteiger partial charge in [0, 0.05) is 0 Å². The van der Waals surface area contributed by atoms with E-state index in [2.05, 4.69) is 10.5 Å². The largest absolute Gasteiger partial charge is 0.497 e. The van der Waals surface area contributed by atoms with Crippen LogP contribution in [0.5, 0.6) is 5.75 Å². The van der Waals surface area contributed by atoms with Crippen molar-refractivity contribution in [3.8, 4) is 5.75 Å². The van der Waals surface area contributed by atoms with Gasteiger partial charge in [-0.15, -0.1) is 0 Å². The van der Waals surface area contributed by atoms with Crippen LogP contribution < -0.4 is 10.2 Å². The Morgan fingerprint density at radius 2 is 2.12 bits per heavy atom. The molecular weight excluding hydrogens is 208 g/mol. The normalized spacial score (nSPS) is 17.3. The first kappa shape index (κ1) is 10.5. The first-order chi connectivity index (χ1) is 7.78. The number of cyclic esters (lactones) is 1. The maximum absolute atomic E-state index is 10.8. The van der Waals surface area contributed by atoms with Crippen LogP contribution in [0.3, 0.4) is 0 Å². The zero-order chi connectivity index (χ0) is 11.4. The molecule has 0 aromatic heterocycles. The Morgan fingerprint density at radius 3 is 2.69 bits per heavy atom. The lowest BCUT2D eigenvalue weighted by Crippen LogP contribution is -2.01. The van der Waals surface area contributed by atoms with E-state index in [1.165, 1.54) is 0 Å². The Hall–Kier alpha value is -2.04. The van der Waals surface area contributed by atoms with Crippen LogP contribution in [0.2, 0.25) is 0 Å². The highest BCUT2D eigenvalue weighted by molar-refractivity contribution is 6.04. The zero-order valence-electron chi connectivity index (χ0n) is 8.90. The van der Waals surface area contributed by atoms with Gasteiger partial charge in [0.25, 0.3) is 0 Å². The lowest BCUT2D eigenvalue weighted by molar-refractivity contribution is -0.137. The number of ether oxygens (including phenoxy) is 2. The lowest BCUT2D eigenvalue weighted by atomic mass is 10.3. The first-order valence-electron chi connectivity index (χ1n) is 4.89. The van der Waals surface area contributed by atoms with E-state index >= 15 is 0 Å². The van der Waals surface area contributed by atoms with E-state index in [0.717, 1.165) is 11.4 Å². The molecule has 1 N–H and O–H groups in total. The molecule has 0 bridgehead atoms. The van der Waals surface area contributed by atoms with Crippen LogP contribution in [0.4, 0.5) is 5.69 Å². The quantitative estimate of drug-likeness (QED) is 0.618. The third-order valence-electron chi connectivity index (χ3n) is 2.18. The standard InChI is InChI=1S/C11H12N2O3/c1-15-10-4-2-8(3-5-10)12-13-9-6-11(14)16-7-9/h2-5,12H,6-7H2,1H3. The summed E-state index contributed by atoms with van der Waals surface area (Å²) < 4.78 is 9.79. The average Bonchev–Trinajstić information content (AvgIpc) is 2.73. The van der Waals surface area contributed by atoms with Crippen molar-refractivity contribution in [3.05, 3.63) is 24.3 Å². The van der Waals surface area contributed by atoms with E-state index in [-0.39, 0.29) is 19.0 Å². The molecule has 5 heteroatoms. The summed E-state index contributed by atoms with van der Waals surface area (Å²) >= 11 is 0. The van der Waals surface area contributed by atoms with Gasteiger partial charge in [0.05, 0.1) is 24.9 Å². The molecule has 0 radical (unpaired) electrons. The molecule has 1 aliphatic heterocycles. The number of carbonyl (C=O) groups excluding carboxylic acids is 1. The van der Waals surface area contributed by atoms with Gasteiger partial charge in [-0.3, -0.25) is 10.2 Å². The molecule has 1 heterocycles. The number of hydrazone groups is 1. The fraction of sp³-hybridized carbons (Fsp3) is 0.273. The van der Waals surface area contributed by atoms with Crippen LogP contribution in [0.15, 0.2) is 29.4 Å². The van der Waals surface area contributed by atoms with Crippen LogP contribution in [-0.4, -0.2) is 25.4 Å². The van der Waals surface area contributed by atoms with Crippen molar-refractivity contribution < 1.29 is 14.3 Å². The summed E-state index contributed by atoms with van der Waals surface area (Å²) in [6.45, 7) is 0.280. The Labute approximate surface area is 93.1 Å². The molecule has 1 fully saturated rings. The minimum atomic E-state index is -0.227. The van der Waals surface area contributed by atoms with Crippen LogP contribution in [0.25, 0.3) is 0 Å². The van der Waals surface area contributed by atoms with E-state index in [0.29, 0.717) is 5.71 Å². The van der Waals surface area contributed by atoms with Crippen molar-refractivity contribution >= 4 is 17.4 Å². The molecule has 0 aliphatic carbocycles. The second-order valence-electron chi connectivity index (χ2n) is 3.36. The highest BCUT2D eigenvalue weighted by Gasteiger charge is 2.18. The van der Waals surface area contributed by atoms with Crippen LogP contribution in [0, 0.1) is 0 Å². The van der Waals surface area contributed by atoms with Crippen LogP contribution in [-0.2, 0) is 9.53 Å². The number of methoxy groups -OCH3 is 1. The molecule has 1 aromatic rings. The van der Waals surface area contributed by atoms with Crippen molar-refractivity contribution in [2.75, 3.05) is 19.1 Å². The summed E-state index contributed by atoms with van der Waals surface area (Å²) in [6, 6.07) is 7.36. The van der Waals surface area contributed by atoms with Gasteiger partial charge in [0.15, 0.2) is 0 Å². The topological polar surface area (TPSA) is 59.9 Å². The summed E-state index contributed by atoms with van der Waals surface area (Å²) in [6.07, 6.45) is 0.267. The molecular formula is C11H12N2O3. The number of hydrogen-bond donors (Lipinski definition) is 1. The Morgan fingerprint density at radius 1 is 1.38 bits per heavy atom. The third-order valence-corrected chi connectivity index (χ3v) is 2.18. The summed E-state index contributed by atoms with van der Waals surface area (Å²) in [5.41, 5.74) is 4.41. The van der Waals surface area contributed by atoms with Crippen molar-refractivity contribution in [2.24, 2.45) is 5.10 Å². The number of anilines is 1. The molecule has 0 unspecified atom stereocenters. The predicted octanol–water partition coefficient (Wildman–Crippen LogP) is 1.41. The van der Waals surface area contributed by atoms with Crippen LogP contribution >= 0.6 is 0 Å². The molecule has 1 aliphatic rings. The Kier molecular flexibility index (Phi) is 3.05. The highest BCUT2D eigenvalue weighted by Crippen LogP contribution is 2.15. The Balaban J connectivity index is 1.96. The number of benzene rings is 1. The molecule has 2 rings (SSSR count). The molecule has 84 valence electrons. The van der Waals surface area contributed by atoms with Crippen LogP contribution in [0.1, 0.15) is 6.42 Å². The van der Waals surface area contributed by atoms with Gasteiger partial charge in [-0.1, -0.05) is 0 Å². The van der Waals surface area contributed by atoms with Gasteiger partial charge in [0.2, 0.25) is 0 Å². The second kappa shape index (κ2) is 4.65. The molecule has 0 saturated carbocycles. The molecule has 5 nitrogen and oxygen atoms in total. The number of esters is 1. The summed E-state index contributed by atoms with van der Waals surface area (Å²) in [5, 5.41) is 4.08. The van der Waals surface area contributed by atoms with E-state index in [1.54, 1.807) is 7.11 Å². The first-order valence-corrected chi connectivity index (χ1v) is 4.89. The molecule has 16 heavy (non-hydrogen) atoms. The number of rotatable bonds is 3. The predicted molar refractivity (Wildman–Crippen MR) is 59.6 cm³/mol. The smallest absolute Gasteiger partial charge is 0.312 e. The molecule has 1 saturated heterocycles. The van der Waals surface area contributed by atoms with Gasteiger partial charge in [-0.05, 0) is 24.3 Å². The summed E-state index contributed by atoms with van der Waals surface area (Å²) in [5.74, 6) is 0.563. The molecule has 1 aromatic carbocycles. The van der Waals surface area contributed by atoms with E-state index in [9.17, 15) is 4.79 Å². The van der Waals surface area contributed by atoms with Gasteiger partial charge < -0.3 is 9.47 Å². The summed E-state index contributed by atoms with van der Waals surface area (Å²) in [4.78, 5) is 10.8. The van der Waals surface area contributed by atoms with Crippen molar-refractivity contribution in [1.82, 2.24) is 0 Å². The van der Waals surface area contributed by atoms with Gasteiger partial charge in [0.1, 0.15) is 12.4 Å². The van der Waals surface area contributed by atoms with E-state index < -0.39 is 0 Å². The highest BCUT2D eigenvalue weighted by atomic mass is 16.5. The number of carbonyl (C=O) groups is 1. The lowest BCUT2D eigenvalue weighted by Gasteiger charge is -2.02.